The van der Waals surface area contributed by atoms with E-state index in [1.165, 1.54) is 16.7 Å². The molecule has 0 bridgehead atoms. The van der Waals surface area contributed by atoms with Gasteiger partial charge in [-0.05, 0) is 95.2 Å². The predicted octanol–water partition coefficient (Wildman–Crippen LogP) is 5.16. The van der Waals surface area contributed by atoms with Gasteiger partial charge in [-0.3, -0.25) is 0 Å². The predicted molar refractivity (Wildman–Crippen MR) is 122 cm³/mol. The number of hydrogen-bond donors (Lipinski definition) is 1. The van der Waals surface area contributed by atoms with E-state index in [2.05, 4.69) is 12.1 Å². The third-order valence-corrected chi connectivity index (χ3v) is 8.07. The minimum Gasteiger partial charge on any atom is -0.497 e. The first-order valence-corrected chi connectivity index (χ1v) is 11.3. The molecule has 3 aliphatic carbocycles. The van der Waals surface area contributed by atoms with Gasteiger partial charge in [0, 0.05) is 11.5 Å². The van der Waals surface area contributed by atoms with E-state index in [9.17, 15) is 9.18 Å². The second-order valence-electron chi connectivity index (χ2n) is 9.46. The van der Waals surface area contributed by atoms with E-state index in [0.717, 1.165) is 41.9 Å². The summed E-state index contributed by atoms with van der Waals surface area (Å²) < 4.78 is 25.8. The standard InChI is InChI=1S/C28H25FO4/c1-32-19-11-18(12-20(13-19)33-2)25-26-22-14-21-23(29)10-9-16(24(21)28(22,25)26)6-3-15-4-7-17(8-5-15)27(30)31/h4-5,7-13,22,25-26H,3,6,14H2,1-2H3,(H,30,31)/t22?,25?,26-,28-/m0/s1. The van der Waals surface area contributed by atoms with Gasteiger partial charge in [-0.15, -0.1) is 0 Å². The van der Waals surface area contributed by atoms with Gasteiger partial charge in [0.25, 0.3) is 0 Å². The lowest BCUT2D eigenvalue weighted by Gasteiger charge is -2.18. The topological polar surface area (TPSA) is 55.8 Å². The Balaban J connectivity index is 1.31. The minimum atomic E-state index is -0.920. The zero-order valence-corrected chi connectivity index (χ0v) is 18.6. The maximum Gasteiger partial charge on any atom is 0.335 e. The van der Waals surface area contributed by atoms with Crippen LogP contribution in [-0.4, -0.2) is 25.3 Å². The van der Waals surface area contributed by atoms with E-state index in [4.69, 9.17) is 14.6 Å². The summed E-state index contributed by atoms with van der Waals surface area (Å²) in [5.41, 5.74) is 5.98. The zero-order chi connectivity index (χ0) is 22.9. The van der Waals surface area contributed by atoms with Gasteiger partial charge >= 0.3 is 5.97 Å². The van der Waals surface area contributed by atoms with Gasteiger partial charge in [-0.1, -0.05) is 18.2 Å². The van der Waals surface area contributed by atoms with Crippen molar-refractivity contribution in [3.8, 4) is 11.5 Å². The summed E-state index contributed by atoms with van der Waals surface area (Å²) >= 11 is 0. The minimum absolute atomic E-state index is 0.0529. The number of aryl methyl sites for hydroxylation is 2. The highest BCUT2D eigenvalue weighted by atomic mass is 19.1. The molecule has 0 aromatic heterocycles. The van der Waals surface area contributed by atoms with E-state index in [-0.39, 0.29) is 11.2 Å². The number of hydrogen-bond acceptors (Lipinski definition) is 3. The number of benzene rings is 3. The molecule has 4 nitrogen and oxygen atoms in total. The van der Waals surface area contributed by atoms with Crippen LogP contribution in [0.2, 0.25) is 0 Å². The number of ether oxygens (including phenoxy) is 2. The highest BCUT2D eigenvalue weighted by Gasteiger charge is 2.89. The van der Waals surface area contributed by atoms with E-state index in [1.54, 1.807) is 32.4 Å². The molecule has 0 aliphatic heterocycles. The van der Waals surface area contributed by atoms with Gasteiger partial charge in [-0.25, -0.2) is 9.18 Å². The van der Waals surface area contributed by atoms with Crippen molar-refractivity contribution in [3.05, 3.63) is 93.8 Å². The first-order valence-electron chi connectivity index (χ1n) is 11.3. The maximum absolute atomic E-state index is 14.8. The molecule has 2 saturated carbocycles. The molecule has 0 heterocycles. The summed E-state index contributed by atoms with van der Waals surface area (Å²) in [6.45, 7) is 0. The van der Waals surface area contributed by atoms with E-state index >= 15 is 0 Å². The second kappa shape index (κ2) is 7.08. The molecule has 33 heavy (non-hydrogen) atoms. The van der Waals surface area contributed by atoms with Gasteiger partial charge < -0.3 is 14.6 Å². The molecule has 1 spiro atoms. The summed E-state index contributed by atoms with van der Waals surface area (Å²) in [5, 5.41) is 9.12. The Kier molecular flexibility index (Phi) is 4.35. The highest BCUT2D eigenvalue weighted by Crippen LogP contribution is 2.91. The van der Waals surface area contributed by atoms with Crippen LogP contribution < -0.4 is 9.47 Å². The Morgan fingerprint density at radius 2 is 1.73 bits per heavy atom. The number of aromatic carboxylic acids is 1. The van der Waals surface area contributed by atoms with Crippen LogP contribution in [0.15, 0.2) is 54.6 Å². The molecule has 3 aromatic carbocycles. The van der Waals surface area contributed by atoms with Crippen molar-refractivity contribution < 1.29 is 23.8 Å². The molecule has 5 heteroatoms. The lowest BCUT2D eigenvalue weighted by Crippen LogP contribution is -2.10. The number of carboxylic acid groups (broad SMARTS) is 1. The first-order chi connectivity index (χ1) is 16.0. The van der Waals surface area contributed by atoms with E-state index < -0.39 is 5.97 Å². The largest absolute Gasteiger partial charge is 0.497 e. The van der Waals surface area contributed by atoms with Crippen molar-refractivity contribution in [2.75, 3.05) is 14.2 Å². The molecular weight excluding hydrogens is 419 g/mol. The summed E-state index contributed by atoms with van der Waals surface area (Å²) in [5.74, 6) is 2.03. The van der Waals surface area contributed by atoms with Crippen molar-refractivity contribution in [1.82, 2.24) is 0 Å². The number of carbonyl (C=O) groups is 1. The van der Waals surface area contributed by atoms with E-state index in [1.807, 2.05) is 24.3 Å². The van der Waals surface area contributed by atoms with Crippen LogP contribution in [0.3, 0.4) is 0 Å². The lowest BCUT2D eigenvalue weighted by molar-refractivity contribution is 0.0697. The summed E-state index contributed by atoms with van der Waals surface area (Å²) in [6.07, 6.45) is 2.43. The van der Waals surface area contributed by atoms with Crippen molar-refractivity contribution in [3.63, 3.8) is 0 Å². The Labute approximate surface area is 192 Å². The molecule has 1 N–H and O–H groups in total. The molecule has 2 fully saturated rings. The lowest BCUT2D eigenvalue weighted by atomic mass is 9.87. The molecule has 2 unspecified atom stereocenters. The van der Waals surface area contributed by atoms with Crippen molar-refractivity contribution in [1.29, 1.82) is 0 Å². The normalized spacial score (nSPS) is 25.6. The number of carboxylic acids is 1. The average Bonchev–Trinajstić information content (AvgIpc) is 3.66. The van der Waals surface area contributed by atoms with Crippen LogP contribution >= 0.6 is 0 Å². The number of fused-ring (bicyclic) bond motifs is 2. The second-order valence-corrected chi connectivity index (χ2v) is 9.46. The van der Waals surface area contributed by atoms with Gasteiger partial charge in [0.05, 0.1) is 19.8 Å². The van der Waals surface area contributed by atoms with Gasteiger partial charge in [0.15, 0.2) is 0 Å². The fourth-order valence-corrected chi connectivity index (χ4v) is 6.52. The Hall–Kier alpha value is -3.34. The quantitative estimate of drug-likeness (QED) is 0.547. The first kappa shape index (κ1) is 20.3. The van der Waals surface area contributed by atoms with Gasteiger partial charge in [0.1, 0.15) is 17.3 Å². The Morgan fingerprint density at radius 3 is 2.36 bits per heavy atom. The maximum atomic E-state index is 14.8. The van der Waals surface area contributed by atoms with Crippen LogP contribution in [0.1, 0.15) is 44.1 Å². The number of halogens is 1. The van der Waals surface area contributed by atoms with Crippen LogP contribution in [-0.2, 0) is 24.7 Å². The average molecular weight is 445 g/mol. The molecule has 6 rings (SSSR count). The van der Waals surface area contributed by atoms with Crippen molar-refractivity contribution in [2.45, 2.75) is 30.6 Å². The fourth-order valence-electron chi connectivity index (χ4n) is 6.52. The smallest absolute Gasteiger partial charge is 0.335 e. The molecule has 0 amide bonds. The van der Waals surface area contributed by atoms with Crippen LogP contribution in [0.4, 0.5) is 4.39 Å². The van der Waals surface area contributed by atoms with Crippen LogP contribution in [0.25, 0.3) is 0 Å². The molecule has 3 aliphatic rings. The SMILES string of the molecule is COc1cc(OC)cc(C2[C@@H]3C4Cc5c(F)ccc(CCc6ccc(C(=O)O)cc6)c5[C@@]423)c1. The van der Waals surface area contributed by atoms with Crippen LogP contribution in [0.5, 0.6) is 11.5 Å². The molecule has 168 valence electrons. The van der Waals surface area contributed by atoms with Gasteiger partial charge in [0.2, 0.25) is 0 Å². The van der Waals surface area contributed by atoms with Gasteiger partial charge in [-0.2, -0.15) is 0 Å². The monoisotopic (exact) mass is 444 g/mol. The molecule has 3 aromatic rings. The Morgan fingerprint density at radius 1 is 1.03 bits per heavy atom. The third-order valence-electron chi connectivity index (χ3n) is 8.07. The zero-order valence-electron chi connectivity index (χ0n) is 18.6. The molecule has 4 atom stereocenters. The molecule has 0 radical (unpaired) electrons. The van der Waals surface area contributed by atoms with E-state index in [0.29, 0.717) is 23.3 Å². The number of rotatable bonds is 7. The Bertz CT molecular complexity index is 1260. The highest BCUT2D eigenvalue weighted by molar-refractivity contribution is 5.87. The summed E-state index contributed by atoms with van der Waals surface area (Å²) in [7, 11) is 3.32. The molecule has 0 saturated heterocycles. The summed E-state index contributed by atoms with van der Waals surface area (Å²) in [6, 6.07) is 16.7. The summed E-state index contributed by atoms with van der Waals surface area (Å²) in [4.78, 5) is 11.1. The third kappa shape index (κ3) is 2.84. The molecular formula is C28H25FO4. The van der Waals surface area contributed by atoms with Crippen LogP contribution in [0, 0.1) is 17.7 Å². The fraction of sp³-hybridized carbons (Fsp3) is 0.321. The van der Waals surface area contributed by atoms with Crippen molar-refractivity contribution in [2.24, 2.45) is 11.8 Å². The number of methoxy groups -OCH3 is 2. The van der Waals surface area contributed by atoms with Crippen molar-refractivity contribution >= 4 is 5.97 Å².